The van der Waals surface area contributed by atoms with Crippen LogP contribution in [0.1, 0.15) is 27.7 Å². The predicted molar refractivity (Wildman–Crippen MR) is 61.9 cm³/mol. The highest BCUT2D eigenvalue weighted by Gasteiger charge is 2.19. The Hall–Kier alpha value is -1.30. The van der Waals surface area contributed by atoms with Gasteiger partial charge >= 0.3 is 12.1 Å². The number of amides is 1. The monoisotopic (exact) mass is 247 g/mol. The second kappa shape index (κ2) is 6.44. The summed E-state index contributed by atoms with van der Waals surface area (Å²) in [4.78, 5) is 23.3. The van der Waals surface area contributed by atoms with Crippen LogP contribution in [0.3, 0.4) is 0 Å². The van der Waals surface area contributed by atoms with Crippen LogP contribution in [0, 0.1) is 0 Å². The largest absolute Gasteiger partial charge is 0.479 e. The van der Waals surface area contributed by atoms with Gasteiger partial charge in [0, 0.05) is 13.6 Å². The topological polar surface area (TPSA) is 76.1 Å². The third-order valence-electron chi connectivity index (χ3n) is 1.85. The summed E-state index contributed by atoms with van der Waals surface area (Å²) in [5.41, 5.74) is -0.541. The number of nitrogens with zero attached hydrogens (tertiary/aromatic N) is 1. The zero-order valence-corrected chi connectivity index (χ0v) is 11.0. The van der Waals surface area contributed by atoms with Crippen LogP contribution in [0.15, 0.2) is 0 Å². The highest BCUT2D eigenvalue weighted by atomic mass is 16.6. The van der Waals surface area contributed by atoms with Crippen LogP contribution in [-0.2, 0) is 14.3 Å². The summed E-state index contributed by atoms with van der Waals surface area (Å²) in [6, 6.07) is 0. The minimum Gasteiger partial charge on any atom is -0.479 e. The molecule has 0 fully saturated rings. The van der Waals surface area contributed by atoms with E-state index in [1.807, 2.05) is 0 Å². The van der Waals surface area contributed by atoms with Crippen molar-refractivity contribution in [2.75, 3.05) is 20.2 Å². The fourth-order valence-electron chi connectivity index (χ4n) is 0.869. The molecule has 1 atom stereocenters. The van der Waals surface area contributed by atoms with Crippen LogP contribution in [0.2, 0.25) is 0 Å². The number of hydrogen-bond acceptors (Lipinski definition) is 4. The van der Waals surface area contributed by atoms with Crippen molar-refractivity contribution in [1.82, 2.24) is 4.90 Å². The first-order chi connectivity index (χ1) is 7.63. The van der Waals surface area contributed by atoms with E-state index in [2.05, 4.69) is 0 Å². The van der Waals surface area contributed by atoms with E-state index in [0.29, 0.717) is 0 Å². The molecule has 0 aliphatic carbocycles. The van der Waals surface area contributed by atoms with Gasteiger partial charge in [0.1, 0.15) is 5.60 Å². The standard InChI is InChI=1S/C11H21NO5/c1-8(9(13)14)16-7-6-12(5)10(15)17-11(2,3)4/h8H,6-7H2,1-5H3,(H,13,14). The lowest BCUT2D eigenvalue weighted by atomic mass is 10.2. The van der Waals surface area contributed by atoms with E-state index in [4.69, 9.17) is 14.6 Å². The first-order valence-corrected chi connectivity index (χ1v) is 5.42. The van der Waals surface area contributed by atoms with Crippen molar-refractivity contribution in [3.05, 3.63) is 0 Å². The molecule has 0 saturated carbocycles. The van der Waals surface area contributed by atoms with Gasteiger partial charge in [-0.05, 0) is 27.7 Å². The van der Waals surface area contributed by atoms with Gasteiger partial charge in [0.25, 0.3) is 0 Å². The SMILES string of the molecule is CC(OCCN(C)C(=O)OC(C)(C)C)C(=O)O. The van der Waals surface area contributed by atoms with Crippen LogP contribution in [-0.4, -0.2) is 54.0 Å². The summed E-state index contributed by atoms with van der Waals surface area (Å²) in [7, 11) is 1.57. The highest BCUT2D eigenvalue weighted by Crippen LogP contribution is 2.08. The van der Waals surface area contributed by atoms with E-state index in [-0.39, 0.29) is 13.2 Å². The molecule has 0 aromatic rings. The molecule has 1 amide bonds. The first kappa shape index (κ1) is 15.7. The number of carboxylic acids is 1. The Bertz CT molecular complexity index is 272. The fraction of sp³-hybridized carbons (Fsp3) is 0.818. The van der Waals surface area contributed by atoms with Crippen molar-refractivity contribution in [1.29, 1.82) is 0 Å². The van der Waals surface area contributed by atoms with Crippen molar-refractivity contribution in [3.8, 4) is 0 Å². The smallest absolute Gasteiger partial charge is 0.410 e. The molecule has 0 aromatic carbocycles. The number of ether oxygens (including phenoxy) is 2. The van der Waals surface area contributed by atoms with Crippen molar-refractivity contribution >= 4 is 12.1 Å². The molecule has 0 spiro atoms. The molecule has 17 heavy (non-hydrogen) atoms. The molecule has 0 rings (SSSR count). The van der Waals surface area contributed by atoms with Gasteiger partial charge in [0.15, 0.2) is 6.10 Å². The number of carboxylic acid groups (broad SMARTS) is 1. The molecule has 0 radical (unpaired) electrons. The van der Waals surface area contributed by atoms with Gasteiger partial charge in [0.05, 0.1) is 6.61 Å². The van der Waals surface area contributed by atoms with Gasteiger partial charge in [-0.1, -0.05) is 0 Å². The maximum Gasteiger partial charge on any atom is 0.410 e. The Labute approximate surface area is 101 Å². The Morgan fingerprint density at radius 3 is 2.29 bits per heavy atom. The van der Waals surface area contributed by atoms with Crippen LogP contribution < -0.4 is 0 Å². The molecule has 0 aromatic heterocycles. The lowest BCUT2D eigenvalue weighted by molar-refractivity contribution is -0.149. The Balaban J connectivity index is 3.90. The van der Waals surface area contributed by atoms with Crippen LogP contribution >= 0.6 is 0 Å². The van der Waals surface area contributed by atoms with E-state index in [1.165, 1.54) is 11.8 Å². The van der Waals surface area contributed by atoms with E-state index in [0.717, 1.165) is 0 Å². The Kier molecular flexibility index (Phi) is 5.95. The van der Waals surface area contributed by atoms with Crippen LogP contribution in [0.25, 0.3) is 0 Å². The molecule has 0 heterocycles. The zero-order valence-electron chi connectivity index (χ0n) is 11.0. The molecule has 1 unspecified atom stereocenters. The van der Waals surface area contributed by atoms with Crippen molar-refractivity contribution in [2.45, 2.75) is 39.4 Å². The third kappa shape index (κ3) is 7.57. The summed E-state index contributed by atoms with van der Waals surface area (Å²) in [6.07, 6.45) is -1.33. The van der Waals surface area contributed by atoms with E-state index in [9.17, 15) is 9.59 Å². The van der Waals surface area contributed by atoms with Crippen molar-refractivity contribution < 1.29 is 24.2 Å². The Morgan fingerprint density at radius 1 is 1.35 bits per heavy atom. The van der Waals surface area contributed by atoms with Gasteiger partial charge in [-0.3, -0.25) is 0 Å². The van der Waals surface area contributed by atoms with Gasteiger partial charge in [-0.25, -0.2) is 9.59 Å². The molecule has 0 aliphatic rings. The van der Waals surface area contributed by atoms with Crippen LogP contribution in [0.4, 0.5) is 4.79 Å². The fourth-order valence-corrected chi connectivity index (χ4v) is 0.869. The van der Waals surface area contributed by atoms with Gasteiger partial charge in [-0.15, -0.1) is 0 Å². The molecule has 6 heteroatoms. The summed E-state index contributed by atoms with van der Waals surface area (Å²) < 4.78 is 10.1. The minimum atomic E-state index is -1.02. The van der Waals surface area contributed by atoms with E-state index in [1.54, 1.807) is 27.8 Å². The number of likely N-dealkylation sites (N-methyl/N-ethyl adjacent to an activating group) is 1. The van der Waals surface area contributed by atoms with Gasteiger partial charge < -0.3 is 19.5 Å². The van der Waals surface area contributed by atoms with E-state index >= 15 is 0 Å². The van der Waals surface area contributed by atoms with Crippen molar-refractivity contribution in [3.63, 3.8) is 0 Å². The molecule has 0 bridgehead atoms. The molecule has 0 saturated heterocycles. The zero-order chi connectivity index (χ0) is 13.6. The molecule has 0 aliphatic heterocycles. The maximum absolute atomic E-state index is 11.5. The molecule has 100 valence electrons. The minimum absolute atomic E-state index is 0.156. The molecule has 6 nitrogen and oxygen atoms in total. The van der Waals surface area contributed by atoms with Gasteiger partial charge in [-0.2, -0.15) is 0 Å². The number of rotatable bonds is 5. The highest BCUT2D eigenvalue weighted by molar-refractivity contribution is 5.71. The third-order valence-corrected chi connectivity index (χ3v) is 1.85. The number of carbonyl (C=O) groups is 2. The summed E-state index contributed by atoms with van der Waals surface area (Å²) in [5.74, 6) is -1.02. The Morgan fingerprint density at radius 2 is 1.88 bits per heavy atom. The molecular weight excluding hydrogens is 226 g/mol. The first-order valence-electron chi connectivity index (χ1n) is 5.42. The number of aliphatic carboxylic acids is 1. The number of hydrogen-bond donors (Lipinski definition) is 1. The van der Waals surface area contributed by atoms with Crippen molar-refractivity contribution in [2.24, 2.45) is 0 Å². The summed E-state index contributed by atoms with van der Waals surface area (Å²) in [6.45, 7) is 7.22. The van der Waals surface area contributed by atoms with E-state index < -0.39 is 23.8 Å². The van der Waals surface area contributed by atoms with Crippen LogP contribution in [0.5, 0.6) is 0 Å². The average molecular weight is 247 g/mol. The maximum atomic E-state index is 11.5. The normalized spacial score (nSPS) is 13.0. The molecular formula is C11H21NO5. The number of carbonyl (C=O) groups excluding carboxylic acids is 1. The average Bonchev–Trinajstić information content (AvgIpc) is 2.14. The molecule has 1 N–H and O–H groups in total. The summed E-state index contributed by atoms with van der Waals surface area (Å²) in [5, 5.41) is 8.58. The lowest BCUT2D eigenvalue weighted by Gasteiger charge is -2.24. The lowest BCUT2D eigenvalue weighted by Crippen LogP contribution is -2.36. The summed E-state index contributed by atoms with van der Waals surface area (Å²) >= 11 is 0. The second-order valence-corrected chi connectivity index (χ2v) is 4.75. The predicted octanol–water partition coefficient (Wildman–Crippen LogP) is 1.34. The van der Waals surface area contributed by atoms with Gasteiger partial charge in [0.2, 0.25) is 0 Å². The second-order valence-electron chi connectivity index (χ2n) is 4.75. The quantitative estimate of drug-likeness (QED) is 0.793.